The fourth-order valence-electron chi connectivity index (χ4n) is 14.2. The highest BCUT2D eigenvalue weighted by molar-refractivity contribution is 6.39. The molecule has 8 bridgehead atoms. The third kappa shape index (κ3) is 7.58. The van der Waals surface area contributed by atoms with Crippen molar-refractivity contribution in [1.29, 1.82) is 0 Å². The zero-order chi connectivity index (χ0) is 57.7. The molecule has 0 atom stereocenters. The number of aromatic amines is 2. The molecule has 0 saturated heterocycles. The molecule has 16 rings (SSSR count). The zero-order valence-electron chi connectivity index (χ0n) is 50.2. The van der Waals surface area contributed by atoms with E-state index in [4.69, 9.17) is 9.97 Å². The van der Waals surface area contributed by atoms with Gasteiger partial charge in [0, 0.05) is 44.0 Å². The van der Waals surface area contributed by atoms with Crippen LogP contribution in [0, 0.1) is 0 Å². The van der Waals surface area contributed by atoms with E-state index in [0.717, 1.165) is 83.6 Å². The van der Waals surface area contributed by atoms with Crippen LogP contribution in [0.25, 0.3) is 166 Å². The first-order valence-corrected chi connectivity index (χ1v) is 30.0. The second kappa shape index (κ2) is 17.2. The average Bonchev–Trinajstić information content (AvgIpc) is 2.72. The highest BCUT2D eigenvalue weighted by Crippen LogP contribution is 2.49. The van der Waals surface area contributed by atoms with Gasteiger partial charge in [0.15, 0.2) is 0 Å². The summed E-state index contributed by atoms with van der Waals surface area (Å²) in [6.07, 6.45) is 9.09. The Morgan fingerprint density at radius 3 is 1.27 bits per heavy atom. The van der Waals surface area contributed by atoms with Crippen molar-refractivity contribution in [2.24, 2.45) is 0 Å². The summed E-state index contributed by atoms with van der Waals surface area (Å²) in [4.78, 5) is 20.3. The predicted octanol–water partition coefficient (Wildman–Crippen LogP) is 22.4. The maximum atomic E-state index is 5.97. The molecule has 408 valence electrons. The van der Waals surface area contributed by atoms with Crippen molar-refractivity contribution in [3.8, 4) is 33.4 Å². The molecule has 0 saturated carbocycles. The maximum Gasteiger partial charge on any atom is 0.0737 e. The van der Waals surface area contributed by atoms with E-state index in [0.29, 0.717) is 0 Å². The Balaban J connectivity index is 1.14. The van der Waals surface area contributed by atoms with Crippen molar-refractivity contribution in [1.82, 2.24) is 19.9 Å². The zero-order valence-corrected chi connectivity index (χ0v) is 50.2. The van der Waals surface area contributed by atoms with Gasteiger partial charge in [0.05, 0.1) is 28.3 Å². The summed E-state index contributed by atoms with van der Waals surface area (Å²) in [5, 5.41) is 19.8. The van der Waals surface area contributed by atoms with Gasteiger partial charge < -0.3 is 9.97 Å². The number of rotatable bonds is 3. The molecule has 0 aliphatic carbocycles. The van der Waals surface area contributed by atoms with Crippen LogP contribution >= 0.6 is 0 Å². The highest BCUT2D eigenvalue weighted by Gasteiger charge is 2.28. The highest BCUT2D eigenvalue weighted by atomic mass is 14.8. The van der Waals surface area contributed by atoms with Gasteiger partial charge in [0.1, 0.15) is 0 Å². The van der Waals surface area contributed by atoms with E-state index in [2.05, 4.69) is 275 Å². The number of aromatic nitrogens is 4. The molecule has 2 aliphatic heterocycles. The Morgan fingerprint density at radius 2 is 0.714 bits per heavy atom. The summed E-state index contributed by atoms with van der Waals surface area (Å²) < 4.78 is 0. The summed E-state index contributed by atoms with van der Waals surface area (Å²) in [5.74, 6) is 0. The van der Waals surface area contributed by atoms with Gasteiger partial charge in [-0.3, -0.25) is 0 Å². The molecule has 4 heteroatoms. The van der Waals surface area contributed by atoms with E-state index in [-0.39, 0.29) is 21.7 Å². The van der Waals surface area contributed by atoms with Crippen LogP contribution in [-0.4, -0.2) is 19.9 Å². The first kappa shape index (κ1) is 50.6. The Bertz CT molecular complexity index is 5310. The maximum absolute atomic E-state index is 5.97. The Morgan fingerprint density at radius 1 is 0.286 bits per heavy atom. The number of H-pyrrole nitrogens is 2. The van der Waals surface area contributed by atoms with E-state index >= 15 is 0 Å². The van der Waals surface area contributed by atoms with E-state index in [1.54, 1.807) is 0 Å². The van der Waals surface area contributed by atoms with Gasteiger partial charge in [0.25, 0.3) is 0 Å². The lowest BCUT2D eigenvalue weighted by atomic mass is 9.78. The minimum atomic E-state index is -0.121. The third-order valence-corrected chi connectivity index (χ3v) is 18.8. The van der Waals surface area contributed by atoms with Gasteiger partial charge in [-0.05, 0) is 185 Å². The molecule has 0 amide bonds. The van der Waals surface area contributed by atoms with Gasteiger partial charge in [-0.1, -0.05) is 217 Å². The van der Waals surface area contributed by atoms with Crippen LogP contribution in [0.15, 0.2) is 158 Å². The summed E-state index contributed by atoms with van der Waals surface area (Å²) in [5.41, 5.74) is 19.0. The minimum Gasteiger partial charge on any atom is -0.354 e. The molecule has 0 radical (unpaired) electrons. The lowest BCUT2D eigenvalue weighted by Gasteiger charge is -2.26. The first-order valence-electron chi connectivity index (χ1n) is 30.0. The Labute approximate surface area is 490 Å². The summed E-state index contributed by atoms with van der Waals surface area (Å²) in [6, 6.07) is 60.5. The van der Waals surface area contributed by atoms with E-state index in [1.165, 1.54) is 103 Å². The van der Waals surface area contributed by atoms with Crippen molar-refractivity contribution in [2.75, 3.05) is 0 Å². The molecule has 0 unspecified atom stereocenters. The van der Waals surface area contributed by atoms with Gasteiger partial charge >= 0.3 is 0 Å². The number of benzene rings is 11. The summed E-state index contributed by atoms with van der Waals surface area (Å²) in [6.45, 7) is 28.0. The summed E-state index contributed by atoms with van der Waals surface area (Å²) in [7, 11) is 0. The molecule has 2 N–H and O–H groups in total. The van der Waals surface area contributed by atoms with Crippen molar-refractivity contribution < 1.29 is 0 Å². The lowest BCUT2D eigenvalue weighted by molar-refractivity contribution is 0.568. The SMILES string of the molecule is CC(C)(C)c1cc(-c2c3nc(c4c5ccc6ccc7cccc8cc(c9cc([nH]c94)c(-c4cc(C(C)(C)C)cc(C(C)(C)C)c4)c4nc(c(-c9ccc%10ccc%11cccc%12ccc9c%10c%11%12)c9ccc2[nH]9)C=C4)c5c6c78)C=C3)cc(C(C)(C)C)c1. The van der Waals surface area contributed by atoms with Gasteiger partial charge in [-0.15, -0.1) is 0 Å². The van der Waals surface area contributed by atoms with Crippen molar-refractivity contribution >= 4 is 133 Å². The fraction of sp³-hybridized carbons (Fsp3) is 0.200. The van der Waals surface area contributed by atoms with Crippen molar-refractivity contribution in [3.63, 3.8) is 0 Å². The number of hydrogen-bond acceptors (Lipinski definition) is 2. The van der Waals surface area contributed by atoms with E-state index < -0.39 is 0 Å². The van der Waals surface area contributed by atoms with Crippen LogP contribution in [0.5, 0.6) is 0 Å². The number of hydrogen-bond donors (Lipinski definition) is 2. The minimum absolute atomic E-state index is 0.109. The van der Waals surface area contributed by atoms with Crippen LogP contribution in [0.3, 0.4) is 0 Å². The van der Waals surface area contributed by atoms with E-state index in [9.17, 15) is 0 Å². The molecular formula is C80H68N4. The molecular weight excluding hydrogens is 1020 g/mol. The fourth-order valence-corrected chi connectivity index (χ4v) is 14.2. The van der Waals surface area contributed by atoms with Crippen LogP contribution in [0.1, 0.15) is 128 Å². The molecule has 5 heterocycles. The molecule has 3 aromatic heterocycles. The van der Waals surface area contributed by atoms with Crippen LogP contribution < -0.4 is 0 Å². The van der Waals surface area contributed by atoms with E-state index in [1.807, 2.05) is 0 Å². The second-order valence-electron chi connectivity index (χ2n) is 28.4. The first-order chi connectivity index (χ1) is 40.1. The van der Waals surface area contributed by atoms with Crippen LogP contribution in [-0.2, 0) is 21.7 Å². The van der Waals surface area contributed by atoms with Crippen molar-refractivity contribution in [2.45, 2.75) is 105 Å². The van der Waals surface area contributed by atoms with Gasteiger partial charge in [-0.2, -0.15) is 0 Å². The Hall–Kier alpha value is -9.12. The third-order valence-electron chi connectivity index (χ3n) is 18.8. The molecule has 0 spiro atoms. The normalized spacial score (nSPS) is 13.6. The molecule has 14 aromatic rings. The van der Waals surface area contributed by atoms with Gasteiger partial charge in [-0.25, -0.2) is 9.97 Å². The van der Waals surface area contributed by atoms with Crippen LogP contribution in [0.2, 0.25) is 0 Å². The predicted molar refractivity (Wildman–Crippen MR) is 364 cm³/mol. The largest absolute Gasteiger partial charge is 0.354 e. The molecule has 11 aromatic carbocycles. The Kier molecular flexibility index (Phi) is 10.4. The molecule has 4 nitrogen and oxygen atoms in total. The molecule has 2 aliphatic rings. The topological polar surface area (TPSA) is 57.4 Å². The number of nitrogens with one attached hydrogen (secondary N) is 2. The molecule has 84 heavy (non-hydrogen) atoms. The van der Waals surface area contributed by atoms with Crippen LogP contribution in [0.4, 0.5) is 0 Å². The lowest BCUT2D eigenvalue weighted by Crippen LogP contribution is -2.16. The van der Waals surface area contributed by atoms with Gasteiger partial charge in [0.2, 0.25) is 0 Å². The van der Waals surface area contributed by atoms with Crippen molar-refractivity contribution in [3.05, 3.63) is 203 Å². The summed E-state index contributed by atoms with van der Waals surface area (Å²) >= 11 is 0. The quantitative estimate of drug-likeness (QED) is 0.137. The second-order valence-corrected chi connectivity index (χ2v) is 28.4. The molecule has 0 fully saturated rings. The monoisotopic (exact) mass is 1080 g/mol. The standard InChI is InChI=1S/C80H68N4/c1-77(2,3)51-35-49(36-52(40-51)78(4,5)6)70-60-29-32-63(81-60)74(56-27-24-46-21-19-43-15-13-16-45-23-26-55(56)69(46)67(43)45)64-33-30-62(82-64)71(50-37-53(79(7,8)9)41-54(38-50)80(10,11)12)66-42-59-58-39-48-18-14-17-44-20-22-47-25-28-57(73(58)72(47)68(44)48)75(76(59)84-66)65-34-31-61(70)83-65/h13-42,81,84H,1-12H3. The average molecular weight is 1090 g/mol. The number of nitrogens with zero attached hydrogens (tertiary/aromatic N) is 2. The smallest absolute Gasteiger partial charge is 0.0737 e. The number of fused-ring (bicyclic) bond motifs is 10.